The van der Waals surface area contributed by atoms with Gasteiger partial charge in [0.15, 0.2) is 5.96 Å². The molecular weight excluding hydrogens is 415 g/mol. The third-order valence-corrected chi connectivity index (χ3v) is 4.04. The van der Waals surface area contributed by atoms with E-state index in [1.165, 1.54) is 6.42 Å². The summed E-state index contributed by atoms with van der Waals surface area (Å²) in [6.07, 6.45) is 3.76. The standard InChI is InChI=1S/C18H34N4O.HI/c1-6-22(7-2)16(13-15(3)4)14-21-18(19-5)20-11-10-17-9-8-12-23-17;/h8-9,12,15-16H,6-7,10-11,13-14H2,1-5H3,(H2,19,20,21);1H. The number of hydrogen-bond acceptors (Lipinski definition) is 3. The number of halogens is 1. The first-order valence-electron chi connectivity index (χ1n) is 8.81. The fourth-order valence-corrected chi connectivity index (χ4v) is 2.84. The monoisotopic (exact) mass is 450 g/mol. The molecule has 1 unspecified atom stereocenters. The van der Waals surface area contributed by atoms with Crippen LogP contribution in [0.4, 0.5) is 0 Å². The van der Waals surface area contributed by atoms with Crippen molar-refractivity contribution in [3.63, 3.8) is 0 Å². The summed E-state index contributed by atoms with van der Waals surface area (Å²) in [7, 11) is 1.82. The highest BCUT2D eigenvalue weighted by atomic mass is 127. The predicted octanol–water partition coefficient (Wildman–Crippen LogP) is 3.36. The molecule has 0 spiro atoms. The van der Waals surface area contributed by atoms with Crippen LogP contribution in [-0.2, 0) is 6.42 Å². The van der Waals surface area contributed by atoms with Crippen LogP contribution in [0.25, 0.3) is 0 Å². The molecule has 6 heteroatoms. The smallest absolute Gasteiger partial charge is 0.191 e. The van der Waals surface area contributed by atoms with Crippen LogP contribution in [-0.4, -0.2) is 50.1 Å². The van der Waals surface area contributed by atoms with Crippen molar-refractivity contribution in [2.24, 2.45) is 10.9 Å². The second-order valence-corrected chi connectivity index (χ2v) is 6.21. The highest BCUT2D eigenvalue weighted by molar-refractivity contribution is 14.0. The molecule has 1 atom stereocenters. The number of furan rings is 1. The van der Waals surface area contributed by atoms with Gasteiger partial charge < -0.3 is 15.1 Å². The van der Waals surface area contributed by atoms with E-state index >= 15 is 0 Å². The number of nitrogens with one attached hydrogen (secondary N) is 2. The van der Waals surface area contributed by atoms with Crippen molar-refractivity contribution >= 4 is 29.9 Å². The summed E-state index contributed by atoms with van der Waals surface area (Å²) < 4.78 is 5.34. The first kappa shape index (κ1) is 23.2. The Morgan fingerprint density at radius 3 is 2.46 bits per heavy atom. The fourth-order valence-electron chi connectivity index (χ4n) is 2.84. The van der Waals surface area contributed by atoms with Crippen molar-refractivity contribution in [1.82, 2.24) is 15.5 Å². The Bertz CT molecular complexity index is 430. The van der Waals surface area contributed by atoms with Gasteiger partial charge in [-0.2, -0.15) is 0 Å². The van der Waals surface area contributed by atoms with Crippen LogP contribution in [0.2, 0.25) is 0 Å². The van der Waals surface area contributed by atoms with Gasteiger partial charge in [0.25, 0.3) is 0 Å². The summed E-state index contributed by atoms with van der Waals surface area (Å²) in [6, 6.07) is 4.45. The number of likely N-dealkylation sites (N-methyl/N-ethyl adjacent to an activating group) is 1. The first-order chi connectivity index (χ1) is 11.1. The van der Waals surface area contributed by atoms with Crippen molar-refractivity contribution in [3.8, 4) is 0 Å². The van der Waals surface area contributed by atoms with Crippen LogP contribution in [0.1, 0.15) is 39.9 Å². The first-order valence-corrected chi connectivity index (χ1v) is 8.81. The number of guanidine groups is 1. The summed E-state index contributed by atoms with van der Waals surface area (Å²) in [4.78, 5) is 6.83. The lowest BCUT2D eigenvalue weighted by Gasteiger charge is -2.31. The lowest BCUT2D eigenvalue weighted by molar-refractivity contribution is 0.191. The van der Waals surface area contributed by atoms with Gasteiger partial charge in [0.2, 0.25) is 0 Å². The second-order valence-electron chi connectivity index (χ2n) is 6.21. The average molecular weight is 450 g/mol. The third kappa shape index (κ3) is 8.92. The summed E-state index contributed by atoms with van der Waals surface area (Å²) in [5.41, 5.74) is 0. The van der Waals surface area contributed by atoms with Gasteiger partial charge in [-0.25, -0.2) is 0 Å². The molecule has 1 heterocycles. The molecule has 0 bridgehead atoms. The highest BCUT2D eigenvalue weighted by Gasteiger charge is 2.17. The normalized spacial score (nSPS) is 13.0. The van der Waals surface area contributed by atoms with Crippen molar-refractivity contribution < 1.29 is 4.42 Å². The molecule has 140 valence electrons. The van der Waals surface area contributed by atoms with E-state index in [-0.39, 0.29) is 24.0 Å². The fraction of sp³-hybridized carbons (Fsp3) is 0.722. The van der Waals surface area contributed by atoms with E-state index in [1.54, 1.807) is 6.26 Å². The topological polar surface area (TPSA) is 52.8 Å². The minimum Gasteiger partial charge on any atom is -0.469 e. The summed E-state index contributed by atoms with van der Waals surface area (Å²) in [5.74, 6) is 2.54. The maximum absolute atomic E-state index is 5.34. The van der Waals surface area contributed by atoms with Gasteiger partial charge in [-0.15, -0.1) is 24.0 Å². The Balaban J connectivity index is 0.00000529. The maximum Gasteiger partial charge on any atom is 0.191 e. The number of hydrogen-bond donors (Lipinski definition) is 2. The Morgan fingerprint density at radius 1 is 1.25 bits per heavy atom. The zero-order valence-electron chi connectivity index (χ0n) is 15.8. The zero-order chi connectivity index (χ0) is 17.1. The molecule has 0 saturated carbocycles. The quantitative estimate of drug-likeness (QED) is 0.326. The average Bonchev–Trinajstić information content (AvgIpc) is 3.04. The van der Waals surface area contributed by atoms with Gasteiger partial charge in [0.05, 0.1) is 6.26 Å². The van der Waals surface area contributed by atoms with E-state index in [4.69, 9.17) is 4.42 Å². The van der Waals surface area contributed by atoms with Crippen molar-refractivity contribution in [1.29, 1.82) is 0 Å². The van der Waals surface area contributed by atoms with Gasteiger partial charge in [0, 0.05) is 32.6 Å². The molecule has 0 fully saturated rings. The van der Waals surface area contributed by atoms with E-state index in [0.717, 1.165) is 44.3 Å². The van der Waals surface area contributed by atoms with Gasteiger partial charge in [-0.05, 0) is 37.6 Å². The maximum atomic E-state index is 5.34. The Kier molecular flexibility index (Phi) is 13.1. The Hall–Kier alpha value is -0.760. The summed E-state index contributed by atoms with van der Waals surface area (Å²) in [5, 5.41) is 6.82. The number of rotatable bonds is 10. The molecule has 0 aliphatic rings. The van der Waals surface area contributed by atoms with E-state index in [1.807, 2.05) is 19.2 Å². The molecule has 1 aromatic heterocycles. The van der Waals surface area contributed by atoms with E-state index in [0.29, 0.717) is 12.0 Å². The molecule has 5 nitrogen and oxygen atoms in total. The molecule has 0 aliphatic heterocycles. The van der Waals surface area contributed by atoms with Crippen LogP contribution >= 0.6 is 24.0 Å². The van der Waals surface area contributed by atoms with Crippen molar-refractivity contribution in [2.75, 3.05) is 33.2 Å². The second kappa shape index (κ2) is 13.5. The van der Waals surface area contributed by atoms with Crippen LogP contribution in [0.15, 0.2) is 27.8 Å². The molecule has 1 rings (SSSR count). The minimum atomic E-state index is 0. The SMILES string of the molecule is CCN(CC)C(CNC(=NC)NCCc1ccco1)CC(C)C.I. The zero-order valence-corrected chi connectivity index (χ0v) is 18.2. The molecular formula is C18H35IN4O. The largest absolute Gasteiger partial charge is 0.469 e. The third-order valence-electron chi connectivity index (χ3n) is 4.04. The van der Waals surface area contributed by atoms with Crippen LogP contribution in [0.5, 0.6) is 0 Å². The lowest BCUT2D eigenvalue weighted by Crippen LogP contribution is -2.48. The molecule has 1 aromatic rings. The van der Waals surface area contributed by atoms with E-state index in [9.17, 15) is 0 Å². The number of nitrogens with zero attached hydrogens (tertiary/aromatic N) is 2. The van der Waals surface area contributed by atoms with Crippen LogP contribution < -0.4 is 10.6 Å². The van der Waals surface area contributed by atoms with E-state index < -0.39 is 0 Å². The summed E-state index contributed by atoms with van der Waals surface area (Å²) >= 11 is 0. The van der Waals surface area contributed by atoms with Gasteiger partial charge in [-0.1, -0.05) is 27.7 Å². The Labute approximate surface area is 164 Å². The molecule has 0 amide bonds. The van der Waals surface area contributed by atoms with Crippen molar-refractivity contribution in [3.05, 3.63) is 24.2 Å². The van der Waals surface area contributed by atoms with E-state index in [2.05, 4.69) is 48.2 Å². The van der Waals surface area contributed by atoms with Gasteiger partial charge in [-0.3, -0.25) is 9.89 Å². The lowest BCUT2D eigenvalue weighted by atomic mass is 10.0. The highest BCUT2D eigenvalue weighted by Crippen LogP contribution is 2.10. The van der Waals surface area contributed by atoms with Crippen molar-refractivity contribution in [2.45, 2.75) is 46.6 Å². The van der Waals surface area contributed by atoms with Crippen LogP contribution in [0.3, 0.4) is 0 Å². The molecule has 0 radical (unpaired) electrons. The molecule has 0 aliphatic carbocycles. The molecule has 0 aromatic carbocycles. The van der Waals surface area contributed by atoms with Gasteiger partial charge >= 0.3 is 0 Å². The van der Waals surface area contributed by atoms with Gasteiger partial charge in [0.1, 0.15) is 5.76 Å². The Morgan fingerprint density at radius 2 is 1.96 bits per heavy atom. The minimum absolute atomic E-state index is 0. The molecule has 24 heavy (non-hydrogen) atoms. The van der Waals surface area contributed by atoms with Crippen LogP contribution in [0, 0.1) is 5.92 Å². The predicted molar refractivity (Wildman–Crippen MR) is 113 cm³/mol. The molecule has 0 saturated heterocycles. The molecule has 2 N–H and O–H groups in total. The number of aliphatic imine (C=N–C) groups is 1. The summed E-state index contributed by atoms with van der Waals surface area (Å²) in [6.45, 7) is 12.9.